The minimum Gasteiger partial charge on any atom is -0.748 e. The van der Waals surface area contributed by atoms with Gasteiger partial charge in [-0.25, -0.2) is 18.0 Å². The molecular formula is C11H13N3O3S. The molecule has 2 aromatic rings. The molecule has 0 aromatic carbocycles. The van der Waals surface area contributed by atoms with E-state index < -0.39 is 10.1 Å². The molecule has 0 bridgehead atoms. The minimum atomic E-state index is -4.12. The molecule has 0 aliphatic carbocycles. The summed E-state index contributed by atoms with van der Waals surface area (Å²) in [5.74, 6) is 0.446. The summed E-state index contributed by atoms with van der Waals surface area (Å²) in [5, 5.41) is 0. The molecule has 0 saturated heterocycles. The van der Waals surface area contributed by atoms with E-state index in [9.17, 15) is 13.0 Å². The predicted molar refractivity (Wildman–Crippen MR) is 62.9 cm³/mol. The Bertz CT molecular complexity index is 607. The first-order valence-corrected chi connectivity index (χ1v) is 7.04. The molecule has 0 fully saturated rings. The summed E-state index contributed by atoms with van der Waals surface area (Å²) in [6.07, 6.45) is 7.45. The summed E-state index contributed by atoms with van der Waals surface area (Å²) in [7, 11) is -4.12. The van der Waals surface area contributed by atoms with Gasteiger partial charge in [0, 0.05) is 18.0 Å². The van der Waals surface area contributed by atoms with Crippen LogP contribution in [0.2, 0.25) is 0 Å². The van der Waals surface area contributed by atoms with E-state index in [1.807, 2.05) is 39.7 Å². The third kappa shape index (κ3) is 3.64. The smallest absolute Gasteiger partial charge is 0.250 e. The molecule has 0 unspecified atom stereocenters. The molecule has 0 saturated carbocycles. The van der Waals surface area contributed by atoms with Crippen molar-refractivity contribution in [2.45, 2.75) is 13.0 Å². The fourth-order valence-electron chi connectivity index (χ4n) is 1.59. The Morgan fingerprint density at radius 3 is 2.89 bits per heavy atom. The van der Waals surface area contributed by atoms with E-state index in [1.165, 1.54) is 0 Å². The first-order valence-electron chi connectivity index (χ1n) is 5.47. The number of rotatable bonds is 5. The maximum Gasteiger partial charge on any atom is 0.250 e. The highest BCUT2D eigenvalue weighted by Gasteiger charge is 2.07. The average molecular weight is 267 g/mol. The third-order valence-electron chi connectivity index (χ3n) is 2.42. The lowest BCUT2D eigenvalue weighted by atomic mass is 10.5. The van der Waals surface area contributed by atoms with Crippen LogP contribution in [-0.4, -0.2) is 28.3 Å². The van der Waals surface area contributed by atoms with Gasteiger partial charge in [0.05, 0.1) is 16.7 Å². The van der Waals surface area contributed by atoms with Crippen LogP contribution in [0, 0.1) is 0 Å². The summed E-state index contributed by atoms with van der Waals surface area (Å²) in [4.78, 5) is 4.19. The highest BCUT2D eigenvalue weighted by molar-refractivity contribution is 7.85. The van der Waals surface area contributed by atoms with Gasteiger partial charge >= 0.3 is 0 Å². The monoisotopic (exact) mass is 267 g/mol. The molecule has 2 rings (SSSR count). The van der Waals surface area contributed by atoms with Crippen LogP contribution < -0.4 is 4.57 Å². The van der Waals surface area contributed by atoms with Crippen LogP contribution >= 0.6 is 0 Å². The second-order valence-electron chi connectivity index (χ2n) is 3.86. The highest BCUT2D eigenvalue weighted by atomic mass is 32.2. The zero-order chi connectivity index (χ0) is 13.0. The number of hydrogen-bond acceptors (Lipinski definition) is 4. The predicted octanol–water partition coefficient (Wildman–Crippen LogP) is 0.0951. The SMILES string of the molecule is O=S(=O)([O-])CCC[n+]1ccn(-c2ccccn2)c1. The molecule has 0 spiro atoms. The summed E-state index contributed by atoms with van der Waals surface area (Å²) in [6, 6.07) is 5.59. The van der Waals surface area contributed by atoms with Crippen LogP contribution in [0.5, 0.6) is 0 Å². The van der Waals surface area contributed by atoms with Crippen molar-refractivity contribution in [2.75, 3.05) is 5.75 Å². The lowest BCUT2D eigenvalue weighted by molar-refractivity contribution is -0.696. The Morgan fingerprint density at radius 1 is 1.39 bits per heavy atom. The number of imidazole rings is 1. The van der Waals surface area contributed by atoms with Crippen molar-refractivity contribution in [3.63, 3.8) is 0 Å². The van der Waals surface area contributed by atoms with Gasteiger partial charge in [0.1, 0.15) is 12.4 Å². The second-order valence-corrected chi connectivity index (χ2v) is 5.39. The van der Waals surface area contributed by atoms with Crippen molar-refractivity contribution >= 4 is 10.1 Å². The van der Waals surface area contributed by atoms with Crippen LogP contribution in [-0.2, 0) is 16.7 Å². The largest absolute Gasteiger partial charge is 0.748 e. The van der Waals surface area contributed by atoms with Crippen LogP contribution in [0.25, 0.3) is 5.82 Å². The second kappa shape index (κ2) is 5.28. The Morgan fingerprint density at radius 2 is 2.22 bits per heavy atom. The van der Waals surface area contributed by atoms with Gasteiger partial charge < -0.3 is 4.55 Å². The molecule has 2 heterocycles. The van der Waals surface area contributed by atoms with Gasteiger partial charge in [0.25, 0.3) is 0 Å². The van der Waals surface area contributed by atoms with Crippen LogP contribution in [0.15, 0.2) is 43.1 Å². The van der Waals surface area contributed by atoms with Gasteiger partial charge in [-0.1, -0.05) is 6.07 Å². The van der Waals surface area contributed by atoms with E-state index in [1.54, 1.807) is 12.5 Å². The van der Waals surface area contributed by atoms with E-state index in [-0.39, 0.29) is 5.75 Å². The first-order chi connectivity index (χ1) is 8.54. The van der Waals surface area contributed by atoms with Crippen molar-refractivity contribution in [3.05, 3.63) is 43.1 Å². The molecule has 0 aliphatic rings. The van der Waals surface area contributed by atoms with E-state index >= 15 is 0 Å². The van der Waals surface area contributed by atoms with Crippen molar-refractivity contribution in [3.8, 4) is 5.82 Å². The molecule has 0 aliphatic heterocycles. The van der Waals surface area contributed by atoms with E-state index in [2.05, 4.69) is 4.98 Å². The molecule has 7 heteroatoms. The molecule has 18 heavy (non-hydrogen) atoms. The molecule has 0 amide bonds. The van der Waals surface area contributed by atoms with E-state index in [0.717, 1.165) is 5.82 Å². The zero-order valence-electron chi connectivity index (χ0n) is 9.64. The van der Waals surface area contributed by atoms with Gasteiger partial charge in [-0.3, -0.25) is 0 Å². The van der Waals surface area contributed by atoms with Crippen molar-refractivity contribution in [1.29, 1.82) is 0 Å². The molecule has 0 N–H and O–H groups in total. The number of aryl methyl sites for hydroxylation is 1. The van der Waals surface area contributed by atoms with Crippen molar-refractivity contribution in [2.24, 2.45) is 0 Å². The summed E-state index contributed by atoms with van der Waals surface area (Å²) < 4.78 is 35.0. The fraction of sp³-hybridized carbons (Fsp3) is 0.273. The average Bonchev–Trinajstić information content (AvgIpc) is 2.77. The molecule has 0 atom stereocenters. The van der Waals surface area contributed by atoms with Gasteiger partial charge in [-0.2, -0.15) is 4.57 Å². The number of pyridine rings is 1. The Hall–Kier alpha value is -1.73. The molecule has 6 nitrogen and oxygen atoms in total. The Labute approximate surface area is 105 Å². The lowest BCUT2D eigenvalue weighted by Crippen LogP contribution is -2.32. The molecule has 96 valence electrons. The van der Waals surface area contributed by atoms with E-state index in [4.69, 9.17) is 0 Å². The molecule has 0 radical (unpaired) electrons. The summed E-state index contributed by atoms with van der Waals surface area (Å²) >= 11 is 0. The topological polar surface area (TPSA) is 78.9 Å². The zero-order valence-corrected chi connectivity index (χ0v) is 10.5. The summed E-state index contributed by atoms with van der Waals surface area (Å²) in [6.45, 7) is 0.487. The molecular weight excluding hydrogens is 254 g/mol. The summed E-state index contributed by atoms with van der Waals surface area (Å²) in [5.41, 5.74) is 0. The first kappa shape index (κ1) is 12.7. The number of aromatic nitrogens is 3. The maximum absolute atomic E-state index is 10.5. The lowest BCUT2D eigenvalue weighted by Gasteiger charge is -2.04. The van der Waals surface area contributed by atoms with Gasteiger partial charge in [-0.15, -0.1) is 0 Å². The Balaban J connectivity index is 1.99. The minimum absolute atomic E-state index is 0.308. The van der Waals surface area contributed by atoms with Crippen LogP contribution in [0.1, 0.15) is 6.42 Å². The quantitative estimate of drug-likeness (QED) is 0.568. The van der Waals surface area contributed by atoms with Gasteiger partial charge in [0.15, 0.2) is 0 Å². The van der Waals surface area contributed by atoms with Crippen molar-refractivity contribution in [1.82, 2.24) is 9.55 Å². The third-order valence-corrected chi connectivity index (χ3v) is 3.20. The van der Waals surface area contributed by atoms with Crippen molar-refractivity contribution < 1.29 is 17.5 Å². The van der Waals surface area contributed by atoms with Crippen LogP contribution in [0.4, 0.5) is 0 Å². The van der Waals surface area contributed by atoms with E-state index in [0.29, 0.717) is 13.0 Å². The fourth-order valence-corrected chi connectivity index (χ4v) is 2.08. The standard InChI is InChI=1S/C11H13N3O3S/c15-18(16,17)9-3-6-13-7-8-14(10-13)11-4-1-2-5-12-11/h1-2,4-5,7-8,10H,3,6,9H2. The normalized spacial score (nSPS) is 11.6. The van der Waals surface area contributed by atoms with Crippen LogP contribution in [0.3, 0.4) is 0 Å². The number of nitrogens with zero attached hydrogens (tertiary/aromatic N) is 3. The highest BCUT2D eigenvalue weighted by Crippen LogP contribution is 2.00. The maximum atomic E-state index is 10.5. The molecule has 2 aromatic heterocycles. The number of hydrogen-bond donors (Lipinski definition) is 0. The Kier molecular flexibility index (Phi) is 3.73. The van der Waals surface area contributed by atoms with Gasteiger partial charge in [0.2, 0.25) is 12.1 Å². The van der Waals surface area contributed by atoms with Gasteiger partial charge in [-0.05, 0) is 12.5 Å².